The van der Waals surface area contributed by atoms with Gasteiger partial charge in [0.05, 0.1) is 42.0 Å². The SMILES string of the molecule is C[C@@H]1CN(C(=O)Nc2cnn(-c3cccc(C(F)(F)F)c3)c2)C[C@@H](c2ccccc2)O1. The fourth-order valence-corrected chi connectivity index (χ4v) is 3.52. The topological polar surface area (TPSA) is 59.4 Å². The summed E-state index contributed by atoms with van der Waals surface area (Å²) in [7, 11) is 0. The molecular weight excluding hydrogens is 409 g/mol. The van der Waals surface area contributed by atoms with E-state index in [1.165, 1.54) is 29.2 Å². The number of benzene rings is 2. The van der Waals surface area contributed by atoms with Crippen molar-refractivity contribution >= 4 is 11.7 Å². The molecule has 162 valence electrons. The molecule has 2 aromatic carbocycles. The molecule has 0 aliphatic carbocycles. The second-order valence-corrected chi connectivity index (χ2v) is 7.40. The molecule has 0 bridgehead atoms. The van der Waals surface area contributed by atoms with Crippen LogP contribution in [0.2, 0.25) is 0 Å². The van der Waals surface area contributed by atoms with Gasteiger partial charge in [0, 0.05) is 6.54 Å². The molecule has 1 saturated heterocycles. The predicted octanol–water partition coefficient (Wildman–Crippen LogP) is 4.89. The number of carbonyl (C=O) groups is 1. The maximum absolute atomic E-state index is 13.0. The van der Waals surface area contributed by atoms with Crippen LogP contribution in [0.5, 0.6) is 0 Å². The van der Waals surface area contributed by atoms with Crippen molar-refractivity contribution in [2.45, 2.75) is 25.3 Å². The minimum Gasteiger partial charge on any atom is -0.367 e. The van der Waals surface area contributed by atoms with Gasteiger partial charge in [-0.15, -0.1) is 0 Å². The highest BCUT2D eigenvalue weighted by Gasteiger charge is 2.31. The van der Waals surface area contributed by atoms with Crippen LogP contribution in [0.15, 0.2) is 67.0 Å². The third kappa shape index (κ3) is 4.88. The summed E-state index contributed by atoms with van der Waals surface area (Å²) in [6.45, 7) is 2.72. The van der Waals surface area contributed by atoms with Gasteiger partial charge in [-0.1, -0.05) is 36.4 Å². The number of amides is 2. The molecule has 0 unspecified atom stereocenters. The molecule has 3 aromatic rings. The highest BCUT2D eigenvalue weighted by atomic mass is 19.4. The summed E-state index contributed by atoms with van der Waals surface area (Å²) in [5, 5.41) is 6.84. The highest BCUT2D eigenvalue weighted by Crippen LogP contribution is 2.30. The van der Waals surface area contributed by atoms with Crippen molar-refractivity contribution in [1.29, 1.82) is 0 Å². The van der Waals surface area contributed by atoms with Crippen molar-refractivity contribution in [3.63, 3.8) is 0 Å². The zero-order valence-electron chi connectivity index (χ0n) is 16.7. The number of hydrogen-bond acceptors (Lipinski definition) is 3. The summed E-state index contributed by atoms with van der Waals surface area (Å²) >= 11 is 0. The lowest BCUT2D eigenvalue weighted by Gasteiger charge is -2.36. The molecule has 1 aromatic heterocycles. The van der Waals surface area contributed by atoms with Crippen molar-refractivity contribution in [1.82, 2.24) is 14.7 Å². The summed E-state index contributed by atoms with van der Waals surface area (Å²) < 4.78 is 46.1. The molecule has 1 aliphatic rings. The Hall–Kier alpha value is -3.33. The van der Waals surface area contributed by atoms with Gasteiger partial charge in [-0.3, -0.25) is 0 Å². The second kappa shape index (κ2) is 8.43. The average Bonchev–Trinajstić information content (AvgIpc) is 3.22. The lowest BCUT2D eigenvalue weighted by molar-refractivity contribution is -0.137. The van der Waals surface area contributed by atoms with E-state index in [0.29, 0.717) is 18.8 Å². The third-order valence-corrected chi connectivity index (χ3v) is 4.99. The van der Waals surface area contributed by atoms with E-state index in [-0.39, 0.29) is 23.9 Å². The lowest BCUT2D eigenvalue weighted by Crippen LogP contribution is -2.47. The number of ether oxygens (including phenoxy) is 1. The van der Waals surface area contributed by atoms with E-state index in [9.17, 15) is 18.0 Å². The van der Waals surface area contributed by atoms with E-state index in [2.05, 4.69) is 10.4 Å². The summed E-state index contributed by atoms with van der Waals surface area (Å²) in [5.41, 5.74) is 0.863. The number of nitrogens with one attached hydrogen (secondary N) is 1. The van der Waals surface area contributed by atoms with Gasteiger partial charge in [0.2, 0.25) is 0 Å². The van der Waals surface area contributed by atoms with Crippen molar-refractivity contribution in [2.24, 2.45) is 0 Å². The van der Waals surface area contributed by atoms with E-state index in [1.807, 2.05) is 37.3 Å². The Balaban J connectivity index is 1.45. The molecule has 1 aliphatic heterocycles. The maximum Gasteiger partial charge on any atom is 0.416 e. The zero-order chi connectivity index (χ0) is 22.0. The van der Waals surface area contributed by atoms with Gasteiger partial charge < -0.3 is 15.0 Å². The Bertz CT molecular complexity index is 1050. The molecule has 0 spiro atoms. The Morgan fingerprint density at radius 3 is 2.65 bits per heavy atom. The van der Waals surface area contributed by atoms with E-state index in [4.69, 9.17) is 4.74 Å². The molecule has 2 amide bonds. The van der Waals surface area contributed by atoms with Gasteiger partial charge in [0.25, 0.3) is 0 Å². The first-order valence-electron chi connectivity index (χ1n) is 9.78. The molecule has 4 rings (SSSR count). The van der Waals surface area contributed by atoms with Crippen LogP contribution in [0.3, 0.4) is 0 Å². The van der Waals surface area contributed by atoms with Gasteiger partial charge in [0.1, 0.15) is 6.10 Å². The minimum atomic E-state index is -4.44. The van der Waals surface area contributed by atoms with Crippen molar-refractivity contribution in [3.05, 3.63) is 78.1 Å². The highest BCUT2D eigenvalue weighted by molar-refractivity contribution is 5.89. The van der Waals surface area contributed by atoms with Crippen LogP contribution >= 0.6 is 0 Å². The van der Waals surface area contributed by atoms with Crippen LogP contribution in [-0.2, 0) is 10.9 Å². The van der Waals surface area contributed by atoms with E-state index in [0.717, 1.165) is 17.7 Å². The molecule has 1 N–H and O–H groups in total. The Morgan fingerprint density at radius 1 is 1.13 bits per heavy atom. The van der Waals surface area contributed by atoms with Crippen molar-refractivity contribution < 1.29 is 22.7 Å². The van der Waals surface area contributed by atoms with Crippen molar-refractivity contribution in [2.75, 3.05) is 18.4 Å². The quantitative estimate of drug-likeness (QED) is 0.644. The molecule has 6 nitrogen and oxygen atoms in total. The Kier molecular flexibility index (Phi) is 5.69. The number of anilines is 1. The van der Waals surface area contributed by atoms with Crippen LogP contribution in [0.25, 0.3) is 5.69 Å². The van der Waals surface area contributed by atoms with Crippen LogP contribution in [0.1, 0.15) is 24.2 Å². The number of carbonyl (C=O) groups excluding carboxylic acids is 1. The smallest absolute Gasteiger partial charge is 0.367 e. The van der Waals surface area contributed by atoms with Gasteiger partial charge in [-0.25, -0.2) is 9.48 Å². The fourth-order valence-electron chi connectivity index (χ4n) is 3.52. The summed E-state index contributed by atoms with van der Waals surface area (Å²) in [4.78, 5) is 14.5. The number of morpholine rings is 1. The van der Waals surface area contributed by atoms with Crippen LogP contribution < -0.4 is 5.32 Å². The fraction of sp³-hybridized carbons (Fsp3) is 0.273. The second-order valence-electron chi connectivity index (χ2n) is 7.40. The van der Waals surface area contributed by atoms with Gasteiger partial charge in [-0.2, -0.15) is 18.3 Å². The lowest BCUT2D eigenvalue weighted by atomic mass is 10.1. The Morgan fingerprint density at radius 2 is 1.90 bits per heavy atom. The van der Waals surface area contributed by atoms with E-state index in [1.54, 1.807) is 4.90 Å². The minimum absolute atomic E-state index is 0.141. The molecule has 0 saturated carbocycles. The maximum atomic E-state index is 13.0. The first-order chi connectivity index (χ1) is 14.8. The molecule has 1 fully saturated rings. The predicted molar refractivity (Wildman–Crippen MR) is 109 cm³/mol. The Labute approximate surface area is 177 Å². The molecule has 9 heteroatoms. The number of rotatable bonds is 3. The molecule has 2 heterocycles. The average molecular weight is 430 g/mol. The zero-order valence-corrected chi connectivity index (χ0v) is 16.7. The molecule has 31 heavy (non-hydrogen) atoms. The van der Waals surface area contributed by atoms with Gasteiger partial charge in [-0.05, 0) is 30.7 Å². The first kappa shape index (κ1) is 20.9. The molecule has 2 atom stereocenters. The standard InChI is InChI=1S/C22H21F3N4O2/c1-15-12-28(14-20(31-15)16-6-3-2-4-7-16)21(30)27-18-11-26-29(13-18)19-9-5-8-17(10-19)22(23,24)25/h2-11,13,15,20H,12,14H2,1H3,(H,27,30)/t15-,20+/m1/s1. The number of halogens is 3. The van der Waals surface area contributed by atoms with Gasteiger partial charge in [0.15, 0.2) is 0 Å². The van der Waals surface area contributed by atoms with E-state index >= 15 is 0 Å². The van der Waals surface area contributed by atoms with Gasteiger partial charge >= 0.3 is 12.2 Å². The monoisotopic (exact) mass is 430 g/mol. The number of aromatic nitrogens is 2. The summed E-state index contributed by atoms with van der Waals surface area (Å²) in [5.74, 6) is 0. The van der Waals surface area contributed by atoms with Crippen LogP contribution in [-0.4, -0.2) is 39.9 Å². The first-order valence-corrected chi connectivity index (χ1v) is 9.78. The van der Waals surface area contributed by atoms with Crippen LogP contribution in [0.4, 0.5) is 23.7 Å². The number of nitrogens with zero attached hydrogens (tertiary/aromatic N) is 3. The normalized spacial score (nSPS) is 19.3. The van der Waals surface area contributed by atoms with Crippen molar-refractivity contribution in [3.8, 4) is 5.69 Å². The van der Waals surface area contributed by atoms with Crippen LogP contribution in [0, 0.1) is 0 Å². The number of hydrogen-bond donors (Lipinski definition) is 1. The third-order valence-electron chi connectivity index (χ3n) is 4.99. The number of urea groups is 1. The van der Waals surface area contributed by atoms with E-state index < -0.39 is 11.7 Å². The summed E-state index contributed by atoms with van der Waals surface area (Å²) in [6.07, 6.45) is -1.94. The molecule has 0 radical (unpaired) electrons. The summed E-state index contributed by atoms with van der Waals surface area (Å²) in [6, 6.07) is 14.2. The molecular formula is C22H21F3N4O2. The largest absolute Gasteiger partial charge is 0.416 e. The number of alkyl halides is 3.